The second-order valence-corrected chi connectivity index (χ2v) is 10.8. The highest BCUT2D eigenvalue weighted by molar-refractivity contribution is 5.86. The summed E-state index contributed by atoms with van der Waals surface area (Å²) in [5, 5.41) is 18.3. The highest BCUT2D eigenvalue weighted by atomic mass is 16.6. The molecule has 2 heterocycles. The summed E-state index contributed by atoms with van der Waals surface area (Å²) >= 11 is 0. The number of aliphatic hydroxyl groups is 1. The van der Waals surface area contributed by atoms with Crippen LogP contribution in [0.4, 0.5) is 4.79 Å². The molecule has 0 fully saturated rings. The van der Waals surface area contributed by atoms with E-state index in [0.29, 0.717) is 29.5 Å². The molecule has 2 aromatic heterocycles. The summed E-state index contributed by atoms with van der Waals surface area (Å²) in [7, 11) is 0. The van der Waals surface area contributed by atoms with Crippen LogP contribution in [0.1, 0.15) is 55.5 Å². The second kappa shape index (κ2) is 13.2. The van der Waals surface area contributed by atoms with Crippen molar-refractivity contribution in [3.8, 4) is 0 Å². The van der Waals surface area contributed by atoms with Crippen molar-refractivity contribution >= 4 is 12.0 Å². The molecule has 0 aliphatic heterocycles. The summed E-state index contributed by atoms with van der Waals surface area (Å²) in [6.45, 7) is 5.29. The number of rotatable bonds is 10. The average molecular weight is 553 g/mol. The quantitative estimate of drug-likeness (QED) is 0.252. The number of nitrogens with one attached hydrogen (secondary N) is 2. The molecule has 41 heavy (non-hydrogen) atoms. The maximum Gasteiger partial charge on any atom is 0.408 e. The molecule has 4 aromatic rings. The molecule has 2 amide bonds. The fourth-order valence-electron chi connectivity index (χ4n) is 4.67. The van der Waals surface area contributed by atoms with Crippen LogP contribution in [0.25, 0.3) is 0 Å². The fourth-order valence-corrected chi connectivity index (χ4v) is 4.67. The van der Waals surface area contributed by atoms with E-state index in [0.717, 1.165) is 5.56 Å². The lowest BCUT2D eigenvalue weighted by atomic mass is 9.78. The van der Waals surface area contributed by atoms with Crippen molar-refractivity contribution < 1.29 is 19.4 Å². The number of hydrogen-bond donors (Lipinski definition) is 3. The number of nitrogens with zero attached hydrogens (tertiary/aromatic N) is 2. The van der Waals surface area contributed by atoms with Gasteiger partial charge in [-0.15, -0.1) is 0 Å². The second-order valence-electron chi connectivity index (χ2n) is 10.8. The summed E-state index contributed by atoms with van der Waals surface area (Å²) < 4.78 is 5.47. The number of alkyl carbamates (subject to hydrolysis) is 1. The van der Waals surface area contributed by atoms with Crippen molar-refractivity contribution in [3.63, 3.8) is 0 Å². The Morgan fingerprint density at radius 2 is 1.37 bits per heavy atom. The van der Waals surface area contributed by atoms with Gasteiger partial charge in [-0.3, -0.25) is 14.8 Å². The molecule has 2 atom stereocenters. The maximum atomic E-state index is 14.0. The molecule has 0 saturated carbocycles. The SMILES string of the molecule is CC(C)(C)OC(=O)N[C@@H](CCc1ccccc1)C(=O)N[C@H](c1ccccc1)C(O)(c1cccnc1)c1cccnc1. The predicted octanol–water partition coefficient (Wildman–Crippen LogP) is 5.10. The van der Waals surface area contributed by atoms with Gasteiger partial charge >= 0.3 is 6.09 Å². The average Bonchev–Trinajstić information content (AvgIpc) is 2.98. The van der Waals surface area contributed by atoms with E-state index >= 15 is 0 Å². The number of benzene rings is 2. The van der Waals surface area contributed by atoms with Crippen LogP contribution in [0.3, 0.4) is 0 Å². The van der Waals surface area contributed by atoms with Crippen LogP contribution in [-0.2, 0) is 21.6 Å². The van der Waals surface area contributed by atoms with E-state index in [4.69, 9.17) is 4.74 Å². The lowest BCUT2D eigenvalue weighted by Gasteiger charge is -2.38. The van der Waals surface area contributed by atoms with E-state index in [2.05, 4.69) is 20.6 Å². The molecule has 4 rings (SSSR count). The van der Waals surface area contributed by atoms with Gasteiger partial charge in [-0.25, -0.2) is 4.79 Å². The first-order valence-electron chi connectivity index (χ1n) is 13.6. The van der Waals surface area contributed by atoms with Crippen LogP contribution < -0.4 is 10.6 Å². The van der Waals surface area contributed by atoms with Gasteiger partial charge in [0, 0.05) is 35.9 Å². The number of hydrogen-bond acceptors (Lipinski definition) is 6. The number of ether oxygens (including phenoxy) is 1. The predicted molar refractivity (Wildman–Crippen MR) is 157 cm³/mol. The number of aryl methyl sites for hydroxylation is 1. The van der Waals surface area contributed by atoms with E-state index < -0.39 is 35.3 Å². The summed E-state index contributed by atoms with van der Waals surface area (Å²) in [6.07, 6.45) is 6.54. The van der Waals surface area contributed by atoms with Gasteiger partial charge in [-0.05, 0) is 56.9 Å². The Labute approximate surface area is 240 Å². The van der Waals surface area contributed by atoms with Crippen molar-refractivity contribution in [1.29, 1.82) is 0 Å². The summed E-state index contributed by atoms with van der Waals surface area (Å²) in [5.74, 6) is -0.466. The zero-order valence-corrected chi connectivity index (χ0v) is 23.5. The van der Waals surface area contributed by atoms with Crippen LogP contribution in [0.5, 0.6) is 0 Å². The molecule has 0 spiro atoms. The third-order valence-electron chi connectivity index (χ3n) is 6.61. The molecule has 3 N–H and O–H groups in total. The molecule has 8 nitrogen and oxygen atoms in total. The first-order valence-corrected chi connectivity index (χ1v) is 13.6. The zero-order valence-electron chi connectivity index (χ0n) is 23.5. The summed E-state index contributed by atoms with van der Waals surface area (Å²) in [6, 6.07) is 24.0. The monoisotopic (exact) mass is 552 g/mol. The molecule has 0 bridgehead atoms. The smallest absolute Gasteiger partial charge is 0.408 e. The lowest BCUT2D eigenvalue weighted by Crippen LogP contribution is -2.53. The Morgan fingerprint density at radius 1 is 0.805 bits per heavy atom. The van der Waals surface area contributed by atoms with Gasteiger partial charge in [0.25, 0.3) is 0 Å². The Hall–Kier alpha value is -4.56. The lowest BCUT2D eigenvalue weighted by molar-refractivity contribution is -0.126. The summed E-state index contributed by atoms with van der Waals surface area (Å²) in [4.78, 5) is 35.3. The number of carbonyl (C=O) groups is 2. The van der Waals surface area contributed by atoms with Crippen molar-refractivity contribution in [2.45, 2.75) is 56.9 Å². The minimum absolute atomic E-state index is 0.314. The molecular formula is C33H36N4O4. The Bertz CT molecular complexity index is 1360. The molecule has 0 aliphatic rings. The number of carbonyl (C=O) groups excluding carboxylic acids is 2. The number of aromatic nitrogens is 2. The van der Waals surface area contributed by atoms with Crippen LogP contribution in [0, 0.1) is 0 Å². The van der Waals surface area contributed by atoms with E-state index in [1.54, 1.807) is 69.8 Å². The Morgan fingerprint density at radius 3 is 1.88 bits per heavy atom. The minimum atomic E-state index is -1.74. The molecule has 0 aliphatic carbocycles. The van der Waals surface area contributed by atoms with Crippen LogP contribution >= 0.6 is 0 Å². The first kappa shape index (κ1) is 29.4. The molecule has 8 heteroatoms. The van der Waals surface area contributed by atoms with Gasteiger partial charge in [0.1, 0.15) is 17.2 Å². The molecular weight excluding hydrogens is 516 g/mol. The van der Waals surface area contributed by atoms with Crippen molar-refractivity contribution in [2.75, 3.05) is 0 Å². The zero-order chi connectivity index (χ0) is 29.3. The largest absolute Gasteiger partial charge is 0.444 e. The van der Waals surface area contributed by atoms with Gasteiger partial charge in [0.05, 0.1) is 6.04 Å². The van der Waals surface area contributed by atoms with E-state index in [1.807, 2.05) is 60.7 Å². The van der Waals surface area contributed by atoms with Gasteiger partial charge in [-0.2, -0.15) is 0 Å². The van der Waals surface area contributed by atoms with Crippen molar-refractivity contribution in [3.05, 3.63) is 132 Å². The van der Waals surface area contributed by atoms with Gasteiger partial charge in [-0.1, -0.05) is 72.8 Å². The Kier molecular flexibility index (Phi) is 9.47. The molecule has 0 unspecified atom stereocenters. The molecule has 0 saturated heterocycles. The third-order valence-corrected chi connectivity index (χ3v) is 6.61. The van der Waals surface area contributed by atoms with Crippen molar-refractivity contribution in [1.82, 2.24) is 20.6 Å². The number of amides is 2. The maximum absolute atomic E-state index is 14.0. The van der Waals surface area contributed by atoms with E-state index in [-0.39, 0.29) is 0 Å². The molecule has 212 valence electrons. The van der Waals surface area contributed by atoms with Crippen LogP contribution in [0.2, 0.25) is 0 Å². The fraction of sp³-hybridized carbons (Fsp3) is 0.273. The first-order chi connectivity index (χ1) is 19.7. The summed E-state index contributed by atoms with van der Waals surface area (Å²) in [5.41, 5.74) is 0.160. The number of pyridine rings is 2. The van der Waals surface area contributed by atoms with E-state index in [9.17, 15) is 14.7 Å². The topological polar surface area (TPSA) is 113 Å². The molecule has 0 radical (unpaired) electrons. The highest BCUT2D eigenvalue weighted by Gasteiger charge is 2.43. The minimum Gasteiger partial charge on any atom is -0.444 e. The molecule has 2 aromatic carbocycles. The Balaban J connectivity index is 1.72. The van der Waals surface area contributed by atoms with Crippen LogP contribution in [0.15, 0.2) is 110 Å². The highest BCUT2D eigenvalue weighted by Crippen LogP contribution is 2.40. The third kappa shape index (κ3) is 7.77. The van der Waals surface area contributed by atoms with Gasteiger partial charge in [0.2, 0.25) is 5.91 Å². The standard InChI is InChI=1S/C33H36N4O4/c1-32(2,3)41-31(39)36-28(19-18-24-12-6-4-7-13-24)30(38)37-29(25-14-8-5-9-15-25)33(40,26-16-10-20-34-22-26)27-17-11-21-35-23-27/h4-17,20-23,28-29,40H,18-19H2,1-3H3,(H,36,39)(H,37,38)/t28-,29+/m0/s1. The van der Waals surface area contributed by atoms with Crippen LogP contribution in [-0.4, -0.2) is 38.7 Å². The van der Waals surface area contributed by atoms with E-state index in [1.165, 1.54) is 0 Å². The van der Waals surface area contributed by atoms with Crippen molar-refractivity contribution in [2.24, 2.45) is 0 Å². The normalized spacial score (nSPS) is 13.1. The van der Waals surface area contributed by atoms with Gasteiger partial charge in [0.15, 0.2) is 0 Å². The van der Waals surface area contributed by atoms with Gasteiger partial charge < -0.3 is 20.5 Å².